The van der Waals surface area contributed by atoms with Gasteiger partial charge >= 0.3 is 0 Å². The molecule has 5 nitrogen and oxygen atoms in total. The van der Waals surface area contributed by atoms with E-state index in [1.807, 2.05) is 17.5 Å². The van der Waals surface area contributed by atoms with E-state index in [1.165, 1.54) is 0 Å². The van der Waals surface area contributed by atoms with Gasteiger partial charge in [0.25, 0.3) is 0 Å². The van der Waals surface area contributed by atoms with Crippen LogP contribution in [0.25, 0.3) is 5.52 Å². The van der Waals surface area contributed by atoms with Gasteiger partial charge in [0.2, 0.25) is 0 Å². The number of rotatable bonds is 2. The lowest BCUT2D eigenvalue weighted by atomic mass is 10.3. The molecule has 0 amide bonds. The predicted octanol–water partition coefficient (Wildman–Crippen LogP) is 3.59. The van der Waals surface area contributed by atoms with Crippen molar-refractivity contribution in [2.24, 2.45) is 0 Å². The minimum atomic E-state index is 0.608. The third-order valence-corrected chi connectivity index (χ3v) is 3.55. The number of halogens is 2. The first kappa shape index (κ1) is 12.4. The predicted molar refractivity (Wildman–Crippen MR) is 78.0 cm³/mol. The van der Waals surface area contributed by atoms with Crippen molar-refractivity contribution in [1.82, 2.24) is 19.4 Å². The van der Waals surface area contributed by atoms with Crippen LogP contribution < -0.4 is 5.32 Å². The van der Waals surface area contributed by atoms with Crippen molar-refractivity contribution in [2.75, 3.05) is 5.32 Å². The van der Waals surface area contributed by atoms with Crippen LogP contribution in [0.15, 0.2) is 35.5 Å². The Kier molecular flexibility index (Phi) is 3.12. The zero-order valence-electron chi connectivity index (χ0n) is 9.93. The number of anilines is 2. The number of nitrogens with one attached hydrogen (secondary N) is 1. The normalized spacial score (nSPS) is 10.9. The van der Waals surface area contributed by atoms with Gasteiger partial charge in [0.15, 0.2) is 0 Å². The smallest absolute Gasteiger partial charge is 0.148 e. The van der Waals surface area contributed by atoms with Crippen molar-refractivity contribution in [2.45, 2.75) is 6.92 Å². The highest BCUT2D eigenvalue weighted by Gasteiger charge is 2.10. The molecule has 0 saturated carbocycles. The molecule has 3 aromatic rings. The maximum Gasteiger partial charge on any atom is 0.148 e. The summed E-state index contributed by atoms with van der Waals surface area (Å²) in [4.78, 5) is 12.6. The van der Waals surface area contributed by atoms with Gasteiger partial charge in [-0.2, -0.15) is 0 Å². The molecule has 3 aromatic heterocycles. The summed E-state index contributed by atoms with van der Waals surface area (Å²) in [6.45, 7) is 1.83. The Bertz CT molecular complexity index is 755. The third kappa shape index (κ3) is 2.29. The van der Waals surface area contributed by atoms with E-state index < -0.39 is 0 Å². The van der Waals surface area contributed by atoms with E-state index in [-0.39, 0.29) is 0 Å². The molecule has 19 heavy (non-hydrogen) atoms. The number of aryl methyl sites for hydroxylation is 1. The summed E-state index contributed by atoms with van der Waals surface area (Å²) in [6.07, 6.45) is 7.03. The van der Waals surface area contributed by atoms with Crippen LogP contribution >= 0.6 is 27.5 Å². The summed E-state index contributed by atoms with van der Waals surface area (Å²) in [7, 11) is 0. The lowest BCUT2D eigenvalue weighted by molar-refractivity contribution is 1.05. The Morgan fingerprint density at radius 2 is 2.21 bits per heavy atom. The topological polar surface area (TPSA) is 55.1 Å². The van der Waals surface area contributed by atoms with Crippen LogP contribution in [0, 0.1) is 6.92 Å². The molecular formula is C12H9BrClN5. The van der Waals surface area contributed by atoms with Crippen LogP contribution in [0.3, 0.4) is 0 Å². The van der Waals surface area contributed by atoms with Crippen molar-refractivity contribution in [3.8, 4) is 0 Å². The molecule has 0 fully saturated rings. The molecule has 3 rings (SSSR count). The fourth-order valence-electron chi connectivity index (χ4n) is 1.75. The fourth-order valence-corrected chi connectivity index (χ4v) is 2.24. The number of hydrogen-bond donors (Lipinski definition) is 1. The summed E-state index contributed by atoms with van der Waals surface area (Å²) in [5.41, 5.74) is 1.65. The van der Waals surface area contributed by atoms with Gasteiger partial charge in [-0.3, -0.25) is 0 Å². The SMILES string of the molecule is Cc1ncc(Br)c(Nc2c(Cl)ccn3cncc23)n1. The van der Waals surface area contributed by atoms with E-state index in [0.717, 1.165) is 15.7 Å². The summed E-state index contributed by atoms with van der Waals surface area (Å²) in [5, 5.41) is 3.83. The molecule has 3 heterocycles. The second kappa shape index (κ2) is 4.79. The van der Waals surface area contributed by atoms with Gasteiger partial charge in [0, 0.05) is 12.4 Å². The Balaban J connectivity index is 2.12. The fraction of sp³-hybridized carbons (Fsp3) is 0.0833. The Morgan fingerprint density at radius 1 is 1.37 bits per heavy atom. The maximum atomic E-state index is 6.24. The second-order valence-corrected chi connectivity index (χ2v) is 5.23. The van der Waals surface area contributed by atoms with Crippen molar-refractivity contribution in [1.29, 1.82) is 0 Å². The van der Waals surface area contributed by atoms with Gasteiger partial charge in [-0.05, 0) is 28.9 Å². The Morgan fingerprint density at radius 3 is 3.05 bits per heavy atom. The van der Waals surface area contributed by atoms with Crippen LogP contribution in [0.4, 0.5) is 11.5 Å². The van der Waals surface area contributed by atoms with E-state index in [1.54, 1.807) is 24.8 Å². The number of fused-ring (bicyclic) bond motifs is 1. The molecule has 0 spiro atoms. The molecule has 0 aliphatic carbocycles. The molecule has 7 heteroatoms. The summed E-state index contributed by atoms with van der Waals surface area (Å²) < 4.78 is 2.66. The lowest BCUT2D eigenvalue weighted by Gasteiger charge is -2.11. The molecule has 96 valence electrons. The maximum absolute atomic E-state index is 6.24. The monoisotopic (exact) mass is 337 g/mol. The number of nitrogens with zero attached hydrogens (tertiary/aromatic N) is 4. The quantitative estimate of drug-likeness (QED) is 0.776. The van der Waals surface area contributed by atoms with E-state index in [0.29, 0.717) is 16.7 Å². The molecule has 0 atom stereocenters. The first-order chi connectivity index (χ1) is 9.15. The van der Waals surface area contributed by atoms with Crippen LogP contribution in [-0.2, 0) is 0 Å². The zero-order chi connectivity index (χ0) is 13.4. The third-order valence-electron chi connectivity index (χ3n) is 2.65. The minimum absolute atomic E-state index is 0.608. The highest BCUT2D eigenvalue weighted by atomic mass is 79.9. The molecule has 1 N–H and O–H groups in total. The van der Waals surface area contributed by atoms with E-state index >= 15 is 0 Å². The molecule has 0 unspecified atom stereocenters. The zero-order valence-corrected chi connectivity index (χ0v) is 12.3. The number of hydrogen-bond acceptors (Lipinski definition) is 4. The van der Waals surface area contributed by atoms with E-state index in [4.69, 9.17) is 11.6 Å². The molecule has 0 aliphatic heterocycles. The standard InChI is InChI=1S/C12H9BrClN5/c1-7-16-4-8(13)12(17-7)18-11-9(14)2-3-19-6-15-5-10(11)19/h2-6H,1H3,(H,16,17,18). The molecule has 0 aromatic carbocycles. The van der Waals surface area contributed by atoms with Gasteiger partial charge in [0.05, 0.1) is 33.2 Å². The van der Waals surface area contributed by atoms with Crippen molar-refractivity contribution in [3.63, 3.8) is 0 Å². The molecule has 0 radical (unpaired) electrons. The summed E-state index contributed by atoms with van der Waals surface area (Å²) in [5.74, 6) is 1.35. The van der Waals surface area contributed by atoms with E-state index in [2.05, 4.69) is 36.2 Å². The van der Waals surface area contributed by atoms with Crippen LogP contribution in [0.2, 0.25) is 5.02 Å². The van der Waals surface area contributed by atoms with Crippen molar-refractivity contribution >= 4 is 44.6 Å². The van der Waals surface area contributed by atoms with Crippen LogP contribution in [0.1, 0.15) is 5.82 Å². The summed E-state index contributed by atoms with van der Waals surface area (Å²) >= 11 is 9.65. The molecule has 0 bridgehead atoms. The van der Waals surface area contributed by atoms with Gasteiger partial charge in [-0.1, -0.05) is 11.6 Å². The average Bonchev–Trinajstić information content (AvgIpc) is 2.85. The molecular weight excluding hydrogens is 330 g/mol. The molecule has 0 aliphatic rings. The molecule has 0 saturated heterocycles. The van der Waals surface area contributed by atoms with E-state index in [9.17, 15) is 0 Å². The van der Waals surface area contributed by atoms with Crippen LogP contribution in [0.5, 0.6) is 0 Å². The van der Waals surface area contributed by atoms with Gasteiger partial charge in [-0.15, -0.1) is 0 Å². The minimum Gasteiger partial charge on any atom is -0.336 e. The van der Waals surface area contributed by atoms with Crippen molar-refractivity contribution < 1.29 is 0 Å². The average molecular weight is 339 g/mol. The number of pyridine rings is 1. The highest BCUT2D eigenvalue weighted by Crippen LogP contribution is 2.31. The van der Waals surface area contributed by atoms with Gasteiger partial charge in [0.1, 0.15) is 11.6 Å². The Labute approximate surface area is 122 Å². The largest absolute Gasteiger partial charge is 0.336 e. The van der Waals surface area contributed by atoms with Crippen LogP contribution in [-0.4, -0.2) is 19.4 Å². The number of imidazole rings is 1. The van der Waals surface area contributed by atoms with Crippen molar-refractivity contribution in [3.05, 3.63) is 46.3 Å². The summed E-state index contributed by atoms with van der Waals surface area (Å²) in [6, 6.07) is 1.81. The second-order valence-electron chi connectivity index (χ2n) is 3.96. The first-order valence-electron chi connectivity index (χ1n) is 5.51. The van der Waals surface area contributed by atoms with Gasteiger partial charge < -0.3 is 9.72 Å². The Hall–Kier alpha value is -1.66. The number of aromatic nitrogens is 4. The first-order valence-corrected chi connectivity index (χ1v) is 6.68. The lowest BCUT2D eigenvalue weighted by Crippen LogP contribution is -2.00. The van der Waals surface area contributed by atoms with Gasteiger partial charge in [-0.25, -0.2) is 15.0 Å². The highest BCUT2D eigenvalue weighted by molar-refractivity contribution is 9.10.